The van der Waals surface area contributed by atoms with Crippen molar-refractivity contribution >= 4 is 17.5 Å². The number of halogens is 4. The number of carbonyl (C=O) groups is 1. The minimum absolute atomic E-state index is 0.0409. The molecule has 3 aromatic rings. The number of benzene rings is 1. The number of nitrogens with one attached hydrogen (secondary N) is 1. The van der Waals surface area contributed by atoms with Crippen LogP contribution in [0.15, 0.2) is 30.6 Å². The van der Waals surface area contributed by atoms with E-state index in [2.05, 4.69) is 15.5 Å². The Balaban J connectivity index is 1.60. The van der Waals surface area contributed by atoms with Crippen LogP contribution in [0, 0.1) is 33.4 Å². The smallest absolute Gasteiger partial charge is 0.358 e. The van der Waals surface area contributed by atoms with Crippen molar-refractivity contribution < 1.29 is 27.3 Å². The fourth-order valence-electron chi connectivity index (χ4n) is 2.43. The summed E-state index contributed by atoms with van der Waals surface area (Å²) < 4.78 is 56.2. The molecule has 1 amide bonds. The van der Waals surface area contributed by atoms with Crippen LogP contribution in [0.3, 0.4) is 0 Å². The lowest BCUT2D eigenvalue weighted by Gasteiger charge is -2.07. The SMILES string of the molecule is O=C(CCn1ccc([N+](=O)[O-])n1)Nc1ccn(Cc2c(F)c(F)cc(F)c2F)n1. The summed E-state index contributed by atoms with van der Waals surface area (Å²) in [6, 6.07) is 2.62. The molecule has 0 saturated heterocycles. The third kappa shape index (κ3) is 4.56. The van der Waals surface area contributed by atoms with Gasteiger partial charge in [0.05, 0.1) is 36.0 Å². The Bertz CT molecular complexity index is 1050. The average molecular weight is 412 g/mol. The van der Waals surface area contributed by atoms with Crippen molar-refractivity contribution in [2.45, 2.75) is 19.5 Å². The van der Waals surface area contributed by atoms with Crippen LogP contribution in [0.5, 0.6) is 0 Å². The Hall–Kier alpha value is -3.77. The molecule has 0 spiro atoms. The number of amides is 1. The highest BCUT2D eigenvalue weighted by Gasteiger charge is 2.20. The van der Waals surface area contributed by atoms with E-state index in [-0.39, 0.29) is 30.7 Å². The molecule has 0 radical (unpaired) electrons. The van der Waals surface area contributed by atoms with Crippen LogP contribution in [0.2, 0.25) is 0 Å². The second-order valence-electron chi connectivity index (χ2n) is 5.84. The van der Waals surface area contributed by atoms with E-state index in [1.807, 2.05) is 0 Å². The summed E-state index contributed by atoms with van der Waals surface area (Å²) in [6.07, 6.45) is 2.53. The summed E-state index contributed by atoms with van der Waals surface area (Å²) >= 11 is 0. The average Bonchev–Trinajstić information content (AvgIpc) is 3.31. The van der Waals surface area contributed by atoms with Gasteiger partial charge in [-0.05, 0) is 4.92 Å². The number of nitro groups is 1. The lowest BCUT2D eigenvalue weighted by molar-refractivity contribution is -0.389. The van der Waals surface area contributed by atoms with Crippen molar-refractivity contribution in [2.24, 2.45) is 0 Å². The summed E-state index contributed by atoms with van der Waals surface area (Å²) in [6.45, 7) is -0.529. The zero-order chi connectivity index (χ0) is 21.1. The summed E-state index contributed by atoms with van der Waals surface area (Å²) in [5, 5.41) is 20.5. The van der Waals surface area contributed by atoms with Crippen LogP contribution in [0.1, 0.15) is 12.0 Å². The number of nitrogens with zero attached hydrogens (tertiary/aromatic N) is 5. The number of hydrogen-bond donors (Lipinski definition) is 1. The topological polar surface area (TPSA) is 108 Å². The van der Waals surface area contributed by atoms with E-state index in [0.717, 1.165) is 4.68 Å². The lowest BCUT2D eigenvalue weighted by Crippen LogP contribution is -2.15. The molecule has 1 aromatic carbocycles. The van der Waals surface area contributed by atoms with E-state index in [4.69, 9.17) is 0 Å². The Morgan fingerprint density at radius 3 is 2.34 bits per heavy atom. The Morgan fingerprint density at radius 2 is 1.72 bits per heavy atom. The fraction of sp³-hybridized carbons (Fsp3) is 0.188. The van der Waals surface area contributed by atoms with E-state index >= 15 is 0 Å². The van der Waals surface area contributed by atoms with Crippen molar-refractivity contribution in [3.8, 4) is 0 Å². The number of anilines is 1. The third-order valence-electron chi connectivity index (χ3n) is 3.81. The molecule has 13 heteroatoms. The molecule has 3 rings (SSSR count). The standard InChI is InChI=1S/C16H12F4N6O3/c17-10-7-11(18)16(20)9(15(10)19)8-25-4-1-12(22-25)21-14(27)3-6-24-5-2-13(23-24)26(28)29/h1-2,4-5,7H,3,6,8H2,(H,21,22,27). The molecule has 0 aliphatic rings. The van der Waals surface area contributed by atoms with Crippen molar-refractivity contribution in [3.05, 3.63) is 69.5 Å². The Morgan fingerprint density at radius 1 is 1.07 bits per heavy atom. The highest BCUT2D eigenvalue weighted by Crippen LogP contribution is 2.20. The minimum Gasteiger partial charge on any atom is -0.358 e. The summed E-state index contributed by atoms with van der Waals surface area (Å²) in [7, 11) is 0. The van der Waals surface area contributed by atoms with Crippen LogP contribution in [-0.4, -0.2) is 30.4 Å². The predicted octanol–water partition coefficient (Wildman–Crippen LogP) is 2.62. The molecule has 0 fully saturated rings. The Labute approximate surface area is 159 Å². The maximum atomic E-state index is 13.7. The van der Waals surface area contributed by atoms with Crippen molar-refractivity contribution in [3.63, 3.8) is 0 Å². The molecule has 0 saturated carbocycles. The van der Waals surface area contributed by atoms with Gasteiger partial charge in [-0.15, -0.1) is 0 Å². The molecule has 1 N–H and O–H groups in total. The highest BCUT2D eigenvalue weighted by atomic mass is 19.2. The van der Waals surface area contributed by atoms with Gasteiger partial charge in [-0.2, -0.15) is 9.78 Å². The first-order chi connectivity index (χ1) is 13.7. The molecule has 9 nitrogen and oxygen atoms in total. The van der Waals surface area contributed by atoms with Gasteiger partial charge in [0.15, 0.2) is 29.1 Å². The largest absolute Gasteiger partial charge is 0.389 e. The van der Waals surface area contributed by atoms with Gasteiger partial charge >= 0.3 is 5.82 Å². The van der Waals surface area contributed by atoms with Crippen LogP contribution < -0.4 is 5.32 Å². The normalized spacial score (nSPS) is 10.9. The van der Waals surface area contributed by atoms with Crippen LogP contribution in [0.4, 0.5) is 29.2 Å². The minimum atomic E-state index is -1.53. The predicted molar refractivity (Wildman–Crippen MR) is 89.7 cm³/mol. The molecular formula is C16H12F4N6O3. The van der Waals surface area contributed by atoms with Gasteiger partial charge in [0, 0.05) is 24.8 Å². The van der Waals surface area contributed by atoms with Gasteiger partial charge in [-0.1, -0.05) is 0 Å². The van der Waals surface area contributed by atoms with Gasteiger partial charge in [-0.3, -0.25) is 9.48 Å². The Kier molecular flexibility index (Phi) is 5.57. The molecular weight excluding hydrogens is 400 g/mol. The molecule has 0 bridgehead atoms. The third-order valence-corrected chi connectivity index (χ3v) is 3.81. The van der Waals surface area contributed by atoms with E-state index in [9.17, 15) is 32.5 Å². The van der Waals surface area contributed by atoms with E-state index in [1.165, 1.54) is 29.2 Å². The maximum absolute atomic E-state index is 13.7. The summed E-state index contributed by atoms with van der Waals surface area (Å²) in [5.74, 6) is -6.92. The second-order valence-corrected chi connectivity index (χ2v) is 5.84. The molecule has 152 valence electrons. The quantitative estimate of drug-likeness (QED) is 0.278. The summed E-state index contributed by atoms with van der Waals surface area (Å²) in [5.41, 5.74) is -0.844. The molecule has 0 aliphatic carbocycles. The van der Waals surface area contributed by atoms with Gasteiger partial charge in [-0.25, -0.2) is 17.6 Å². The van der Waals surface area contributed by atoms with Crippen molar-refractivity contribution in [1.29, 1.82) is 0 Å². The number of carbonyl (C=O) groups excluding carboxylic acids is 1. The van der Waals surface area contributed by atoms with Gasteiger partial charge in [0.2, 0.25) is 5.91 Å². The zero-order valence-electron chi connectivity index (χ0n) is 14.5. The second kappa shape index (κ2) is 8.08. The molecule has 2 aromatic heterocycles. The van der Waals surface area contributed by atoms with Gasteiger partial charge < -0.3 is 15.4 Å². The zero-order valence-corrected chi connectivity index (χ0v) is 14.5. The monoisotopic (exact) mass is 412 g/mol. The summed E-state index contributed by atoms with van der Waals surface area (Å²) in [4.78, 5) is 21.8. The first kappa shape index (κ1) is 20.0. The maximum Gasteiger partial charge on any atom is 0.389 e. The first-order valence-electron chi connectivity index (χ1n) is 8.07. The van der Waals surface area contributed by atoms with Gasteiger partial charge in [0.1, 0.15) is 0 Å². The van der Waals surface area contributed by atoms with E-state index in [0.29, 0.717) is 0 Å². The number of rotatable bonds is 7. The molecule has 2 heterocycles. The van der Waals surface area contributed by atoms with E-state index in [1.54, 1.807) is 0 Å². The molecule has 0 unspecified atom stereocenters. The number of aromatic nitrogens is 4. The molecule has 0 atom stereocenters. The van der Waals surface area contributed by atoms with E-state index < -0.39 is 46.2 Å². The van der Waals surface area contributed by atoms with Crippen LogP contribution in [-0.2, 0) is 17.9 Å². The van der Waals surface area contributed by atoms with Gasteiger partial charge in [0.25, 0.3) is 0 Å². The number of hydrogen-bond acceptors (Lipinski definition) is 5. The van der Waals surface area contributed by atoms with Crippen LogP contribution in [0.25, 0.3) is 0 Å². The first-order valence-corrected chi connectivity index (χ1v) is 8.07. The van der Waals surface area contributed by atoms with Crippen molar-refractivity contribution in [1.82, 2.24) is 19.6 Å². The van der Waals surface area contributed by atoms with Crippen molar-refractivity contribution in [2.75, 3.05) is 5.32 Å². The molecule has 29 heavy (non-hydrogen) atoms. The van der Waals surface area contributed by atoms with Crippen LogP contribution >= 0.6 is 0 Å². The lowest BCUT2D eigenvalue weighted by atomic mass is 10.2. The fourth-order valence-corrected chi connectivity index (χ4v) is 2.43. The number of aryl methyl sites for hydroxylation is 1. The molecule has 0 aliphatic heterocycles. The highest BCUT2D eigenvalue weighted by molar-refractivity contribution is 5.89.